The first-order valence-electron chi connectivity index (χ1n) is 5.77. The highest BCUT2D eigenvalue weighted by Crippen LogP contribution is 2.32. The van der Waals surface area contributed by atoms with Gasteiger partial charge in [0.25, 0.3) is 0 Å². The molecule has 0 fully saturated rings. The Morgan fingerprint density at radius 3 is 2.84 bits per heavy atom. The molecule has 2 aromatic rings. The van der Waals surface area contributed by atoms with Crippen LogP contribution in [0.1, 0.15) is 5.56 Å². The van der Waals surface area contributed by atoms with Crippen molar-refractivity contribution in [3.63, 3.8) is 0 Å². The molecule has 0 aliphatic carbocycles. The van der Waals surface area contributed by atoms with E-state index in [1.807, 2.05) is 6.07 Å². The van der Waals surface area contributed by atoms with E-state index in [1.165, 1.54) is 0 Å². The van der Waals surface area contributed by atoms with Gasteiger partial charge in [-0.25, -0.2) is 9.97 Å². The molecule has 19 heavy (non-hydrogen) atoms. The molecule has 1 amide bonds. The second kappa shape index (κ2) is 4.93. The summed E-state index contributed by atoms with van der Waals surface area (Å²) >= 11 is 0. The molecule has 0 saturated heterocycles. The number of carbonyl (C=O) groups excluding carboxylic acids is 1. The fraction of sp³-hybridized carbons (Fsp3) is 0.154. The van der Waals surface area contributed by atoms with Crippen LogP contribution in [0, 0.1) is 0 Å². The van der Waals surface area contributed by atoms with Crippen LogP contribution in [0.25, 0.3) is 0 Å². The number of hydrogen-bond acceptors (Lipinski definition) is 5. The molecule has 1 aromatic carbocycles. The highest BCUT2D eigenvalue weighted by molar-refractivity contribution is 5.90. The predicted molar refractivity (Wildman–Crippen MR) is 66.9 cm³/mol. The number of carbonyl (C=O) groups is 1. The minimum atomic E-state index is -0.176. The molecule has 96 valence electrons. The van der Waals surface area contributed by atoms with Gasteiger partial charge in [0.05, 0.1) is 6.42 Å². The van der Waals surface area contributed by atoms with Crippen LogP contribution < -0.4 is 14.8 Å². The number of benzene rings is 1. The Bertz CT molecular complexity index is 601. The summed E-state index contributed by atoms with van der Waals surface area (Å²) < 4.78 is 10.5. The van der Waals surface area contributed by atoms with Crippen molar-refractivity contribution >= 4 is 11.9 Å². The number of hydrogen-bond donors (Lipinski definition) is 1. The molecule has 0 bridgehead atoms. The average Bonchev–Trinajstić information content (AvgIpc) is 2.87. The molecule has 0 unspecified atom stereocenters. The fourth-order valence-corrected chi connectivity index (χ4v) is 1.77. The molecule has 1 aromatic heterocycles. The van der Waals surface area contributed by atoms with E-state index in [0.717, 1.165) is 5.56 Å². The van der Waals surface area contributed by atoms with Gasteiger partial charge in [0, 0.05) is 12.4 Å². The van der Waals surface area contributed by atoms with Crippen LogP contribution in [0.2, 0.25) is 0 Å². The van der Waals surface area contributed by atoms with E-state index >= 15 is 0 Å². The van der Waals surface area contributed by atoms with Gasteiger partial charge in [-0.1, -0.05) is 6.07 Å². The Balaban J connectivity index is 1.66. The maximum absolute atomic E-state index is 11.8. The van der Waals surface area contributed by atoms with Crippen molar-refractivity contribution in [1.29, 1.82) is 0 Å². The Morgan fingerprint density at radius 2 is 2.00 bits per heavy atom. The lowest BCUT2D eigenvalue weighted by atomic mass is 10.1. The predicted octanol–water partition coefficient (Wildman–Crippen LogP) is 1.39. The third kappa shape index (κ3) is 2.62. The Kier molecular flexibility index (Phi) is 2.97. The van der Waals surface area contributed by atoms with Gasteiger partial charge in [-0.3, -0.25) is 10.1 Å². The first-order valence-corrected chi connectivity index (χ1v) is 5.77. The molecule has 1 N–H and O–H groups in total. The minimum Gasteiger partial charge on any atom is -0.454 e. The molecule has 0 spiro atoms. The first kappa shape index (κ1) is 11.5. The zero-order valence-corrected chi connectivity index (χ0v) is 10.00. The molecule has 6 nitrogen and oxygen atoms in total. The molecule has 0 radical (unpaired) electrons. The van der Waals surface area contributed by atoms with Crippen LogP contribution in [0.3, 0.4) is 0 Å². The van der Waals surface area contributed by atoms with Crippen LogP contribution in [-0.2, 0) is 11.2 Å². The van der Waals surface area contributed by atoms with Gasteiger partial charge in [-0.15, -0.1) is 0 Å². The topological polar surface area (TPSA) is 73.3 Å². The van der Waals surface area contributed by atoms with Crippen LogP contribution in [0.5, 0.6) is 11.5 Å². The fourth-order valence-electron chi connectivity index (χ4n) is 1.77. The van der Waals surface area contributed by atoms with E-state index in [0.29, 0.717) is 17.4 Å². The number of amides is 1. The standard InChI is InChI=1S/C13H11N3O3/c17-12(16-13-14-4-1-5-15-13)7-9-2-3-10-11(6-9)19-8-18-10/h1-6H,7-8H2,(H,14,15,16,17). The molecule has 1 aliphatic heterocycles. The lowest BCUT2D eigenvalue weighted by Gasteiger charge is -2.04. The second-order valence-corrected chi connectivity index (χ2v) is 3.98. The molecular formula is C13H11N3O3. The number of ether oxygens (including phenoxy) is 2. The SMILES string of the molecule is O=C(Cc1ccc2c(c1)OCO2)Nc1ncccn1. The molecule has 1 aliphatic rings. The average molecular weight is 257 g/mol. The van der Waals surface area contributed by atoms with Crippen LogP contribution in [-0.4, -0.2) is 22.7 Å². The zero-order chi connectivity index (χ0) is 13.1. The third-order valence-electron chi connectivity index (χ3n) is 2.62. The van der Waals surface area contributed by atoms with Gasteiger partial charge in [0.2, 0.25) is 18.6 Å². The van der Waals surface area contributed by atoms with Crippen LogP contribution >= 0.6 is 0 Å². The summed E-state index contributed by atoms with van der Waals surface area (Å²) in [5, 5.41) is 2.62. The summed E-state index contributed by atoms with van der Waals surface area (Å²) in [7, 11) is 0. The number of rotatable bonds is 3. The normalized spacial score (nSPS) is 12.2. The van der Waals surface area contributed by atoms with Gasteiger partial charge >= 0.3 is 0 Å². The van der Waals surface area contributed by atoms with Gasteiger partial charge < -0.3 is 9.47 Å². The Labute approximate surface area is 109 Å². The summed E-state index contributed by atoms with van der Waals surface area (Å²) in [4.78, 5) is 19.7. The first-order chi connectivity index (χ1) is 9.31. The van der Waals surface area contributed by atoms with Crippen molar-refractivity contribution in [1.82, 2.24) is 9.97 Å². The molecular weight excluding hydrogens is 246 g/mol. The molecule has 0 saturated carbocycles. The van der Waals surface area contributed by atoms with E-state index in [9.17, 15) is 4.79 Å². The van der Waals surface area contributed by atoms with E-state index in [1.54, 1.807) is 30.6 Å². The molecule has 2 heterocycles. The van der Waals surface area contributed by atoms with Gasteiger partial charge in [-0.2, -0.15) is 0 Å². The van der Waals surface area contributed by atoms with Crippen molar-refractivity contribution in [2.75, 3.05) is 12.1 Å². The highest BCUT2D eigenvalue weighted by Gasteiger charge is 2.14. The van der Waals surface area contributed by atoms with Crippen molar-refractivity contribution in [2.45, 2.75) is 6.42 Å². The Hall–Kier alpha value is -2.63. The molecule has 3 rings (SSSR count). The maximum Gasteiger partial charge on any atom is 0.231 e. The van der Waals surface area contributed by atoms with Crippen molar-refractivity contribution in [3.05, 3.63) is 42.2 Å². The summed E-state index contributed by atoms with van der Waals surface area (Å²) in [6.07, 6.45) is 3.38. The van der Waals surface area contributed by atoms with Crippen molar-refractivity contribution in [2.24, 2.45) is 0 Å². The quantitative estimate of drug-likeness (QED) is 0.899. The summed E-state index contributed by atoms with van der Waals surface area (Å²) in [5.74, 6) is 1.50. The van der Waals surface area contributed by atoms with Gasteiger partial charge in [0.15, 0.2) is 11.5 Å². The van der Waals surface area contributed by atoms with Crippen LogP contribution in [0.4, 0.5) is 5.95 Å². The van der Waals surface area contributed by atoms with E-state index in [4.69, 9.17) is 9.47 Å². The summed E-state index contributed by atoms with van der Waals surface area (Å²) in [6, 6.07) is 7.12. The number of anilines is 1. The van der Waals surface area contributed by atoms with Crippen molar-refractivity contribution in [3.8, 4) is 11.5 Å². The minimum absolute atomic E-state index is 0.176. The molecule has 0 atom stereocenters. The lowest BCUT2D eigenvalue weighted by Crippen LogP contribution is -2.16. The van der Waals surface area contributed by atoms with Gasteiger partial charge in [-0.05, 0) is 23.8 Å². The number of nitrogens with zero attached hydrogens (tertiary/aromatic N) is 2. The van der Waals surface area contributed by atoms with Gasteiger partial charge in [0.1, 0.15) is 0 Å². The van der Waals surface area contributed by atoms with E-state index in [-0.39, 0.29) is 19.1 Å². The largest absolute Gasteiger partial charge is 0.454 e. The maximum atomic E-state index is 11.8. The summed E-state index contributed by atoms with van der Waals surface area (Å²) in [6.45, 7) is 0.225. The van der Waals surface area contributed by atoms with E-state index < -0.39 is 0 Å². The second-order valence-electron chi connectivity index (χ2n) is 3.98. The smallest absolute Gasteiger partial charge is 0.231 e. The van der Waals surface area contributed by atoms with Crippen LogP contribution in [0.15, 0.2) is 36.7 Å². The Morgan fingerprint density at radius 1 is 1.21 bits per heavy atom. The monoisotopic (exact) mass is 257 g/mol. The van der Waals surface area contributed by atoms with Crippen molar-refractivity contribution < 1.29 is 14.3 Å². The molecule has 6 heteroatoms. The number of fused-ring (bicyclic) bond motifs is 1. The number of nitrogens with one attached hydrogen (secondary N) is 1. The van der Waals surface area contributed by atoms with E-state index in [2.05, 4.69) is 15.3 Å². The highest BCUT2D eigenvalue weighted by atomic mass is 16.7. The zero-order valence-electron chi connectivity index (χ0n) is 10.00. The lowest BCUT2D eigenvalue weighted by molar-refractivity contribution is -0.115. The number of aromatic nitrogens is 2. The summed E-state index contributed by atoms with van der Waals surface area (Å²) in [5.41, 5.74) is 0.845. The third-order valence-corrected chi connectivity index (χ3v) is 2.62.